The van der Waals surface area contributed by atoms with Crippen molar-refractivity contribution in [2.45, 2.75) is 13.3 Å². The van der Waals surface area contributed by atoms with Crippen LogP contribution < -0.4 is 9.47 Å². The molecule has 3 heteroatoms. The number of ether oxygens (including phenoxy) is 2. The van der Waals surface area contributed by atoms with Crippen molar-refractivity contribution in [3.8, 4) is 11.5 Å². The van der Waals surface area contributed by atoms with Crippen LogP contribution in [0.4, 0.5) is 0 Å². The minimum atomic E-state index is 0. The first-order valence-corrected chi connectivity index (χ1v) is 10.2. The van der Waals surface area contributed by atoms with Crippen molar-refractivity contribution in [2.75, 3.05) is 14.2 Å². The number of hydrogen-bond acceptors (Lipinski definition) is 2. The van der Waals surface area contributed by atoms with Crippen molar-refractivity contribution in [3.63, 3.8) is 0 Å². The molecule has 0 heterocycles. The second kappa shape index (κ2) is 12.6. The Kier molecular flexibility index (Phi) is 9.90. The molecule has 0 aliphatic carbocycles. The fraction of sp³-hybridized carbons (Fsp3) is 0.143. The van der Waals surface area contributed by atoms with E-state index in [1.807, 2.05) is 54.6 Å². The van der Waals surface area contributed by atoms with Gasteiger partial charge in [-0.3, -0.25) is 0 Å². The Hall–Kier alpha value is -3.00. The van der Waals surface area contributed by atoms with Crippen LogP contribution in [0.3, 0.4) is 0 Å². The van der Waals surface area contributed by atoms with Gasteiger partial charge in [-0.1, -0.05) is 47.9 Å². The van der Waals surface area contributed by atoms with Crippen LogP contribution in [0.15, 0.2) is 103 Å². The van der Waals surface area contributed by atoms with Gasteiger partial charge in [0.1, 0.15) is 11.5 Å². The third-order valence-corrected chi connectivity index (χ3v) is 4.98. The standard InChI is InChI=1S/C23H23O2.C5H5.Fe/c1-4-22(17-7-5-6-8-17)23(18-9-13-20(24-2)14-10-18)19-11-15-21(25-3)16-12-19;1-2-4-5-3-1;/h5-16H,4H2,1-3H3;1-5H;/q-1;-5;. The summed E-state index contributed by atoms with van der Waals surface area (Å²) in [6.07, 6.45) is 0.956. The Labute approximate surface area is 196 Å². The van der Waals surface area contributed by atoms with E-state index in [9.17, 15) is 0 Å². The third kappa shape index (κ3) is 6.49. The second-order valence-electron chi connectivity index (χ2n) is 6.80. The molecular weight excluding hydrogens is 424 g/mol. The summed E-state index contributed by atoms with van der Waals surface area (Å²) in [5, 5.41) is 0. The van der Waals surface area contributed by atoms with Gasteiger partial charge in [0.2, 0.25) is 0 Å². The Morgan fingerprint density at radius 3 is 1.42 bits per heavy atom. The zero-order valence-corrected chi connectivity index (χ0v) is 19.3. The van der Waals surface area contributed by atoms with Gasteiger partial charge in [-0.25, -0.2) is 0 Å². The van der Waals surface area contributed by atoms with Crippen molar-refractivity contribution in [3.05, 3.63) is 120 Å². The molecule has 4 aromatic rings. The van der Waals surface area contributed by atoms with Crippen LogP contribution in [0.5, 0.6) is 11.5 Å². The van der Waals surface area contributed by atoms with E-state index in [4.69, 9.17) is 9.47 Å². The van der Waals surface area contributed by atoms with E-state index in [1.54, 1.807) is 14.2 Å². The second-order valence-corrected chi connectivity index (χ2v) is 6.80. The maximum absolute atomic E-state index is 5.31. The summed E-state index contributed by atoms with van der Waals surface area (Å²) in [6, 6.07) is 35.1. The molecule has 0 bridgehead atoms. The van der Waals surface area contributed by atoms with E-state index in [1.165, 1.54) is 27.8 Å². The molecular formula is C28H28FeO2-6. The average molecular weight is 452 g/mol. The van der Waals surface area contributed by atoms with Crippen LogP contribution in [0.2, 0.25) is 0 Å². The summed E-state index contributed by atoms with van der Waals surface area (Å²) in [5.41, 5.74) is 6.22. The van der Waals surface area contributed by atoms with Gasteiger partial charge < -0.3 is 39.8 Å². The quantitative estimate of drug-likeness (QED) is 0.228. The summed E-state index contributed by atoms with van der Waals surface area (Å²) in [4.78, 5) is 0. The molecule has 0 spiro atoms. The van der Waals surface area contributed by atoms with E-state index in [0.29, 0.717) is 0 Å². The minimum Gasteiger partial charge on any atom is -0.748 e. The van der Waals surface area contributed by atoms with E-state index >= 15 is 0 Å². The van der Waals surface area contributed by atoms with Crippen molar-refractivity contribution in [1.29, 1.82) is 0 Å². The summed E-state index contributed by atoms with van der Waals surface area (Å²) in [5.74, 6) is 1.73. The monoisotopic (exact) mass is 452 g/mol. The van der Waals surface area contributed by atoms with E-state index < -0.39 is 0 Å². The van der Waals surface area contributed by atoms with Gasteiger partial charge in [0.25, 0.3) is 0 Å². The van der Waals surface area contributed by atoms with Crippen LogP contribution in [-0.2, 0) is 17.1 Å². The number of rotatable bonds is 6. The third-order valence-electron chi connectivity index (χ3n) is 4.98. The zero-order chi connectivity index (χ0) is 21.2. The van der Waals surface area contributed by atoms with Crippen LogP contribution in [0.1, 0.15) is 30.0 Å². The molecule has 0 amide bonds. The molecule has 0 saturated carbocycles. The summed E-state index contributed by atoms with van der Waals surface area (Å²) < 4.78 is 10.6. The largest absolute Gasteiger partial charge is 0.748 e. The predicted octanol–water partition coefficient (Wildman–Crippen LogP) is 7.19. The van der Waals surface area contributed by atoms with Crippen LogP contribution in [0, 0.1) is 0 Å². The van der Waals surface area contributed by atoms with Crippen LogP contribution >= 0.6 is 0 Å². The molecule has 0 N–H and O–H groups in total. The number of allylic oxidation sites excluding steroid dienone is 1. The summed E-state index contributed by atoms with van der Waals surface area (Å²) in [7, 11) is 3.38. The minimum absolute atomic E-state index is 0. The molecule has 0 unspecified atom stereocenters. The molecule has 166 valence electrons. The number of hydrogen-bond donors (Lipinski definition) is 0. The van der Waals surface area contributed by atoms with Crippen LogP contribution in [0.25, 0.3) is 11.1 Å². The van der Waals surface area contributed by atoms with Gasteiger partial charge in [0, 0.05) is 17.1 Å². The molecule has 0 fully saturated rings. The Bertz CT molecular complexity index is 943. The molecule has 4 aromatic carbocycles. The number of methoxy groups -OCH3 is 2. The molecule has 0 aliphatic heterocycles. The first-order valence-electron chi connectivity index (χ1n) is 10.2. The number of benzene rings is 2. The van der Waals surface area contributed by atoms with Gasteiger partial charge in [0.05, 0.1) is 14.2 Å². The molecule has 2 nitrogen and oxygen atoms in total. The summed E-state index contributed by atoms with van der Waals surface area (Å²) in [6.45, 7) is 2.20. The van der Waals surface area contributed by atoms with Gasteiger partial charge in [-0.05, 0) is 30.7 Å². The summed E-state index contributed by atoms with van der Waals surface area (Å²) >= 11 is 0. The van der Waals surface area contributed by atoms with E-state index in [-0.39, 0.29) is 17.1 Å². The Morgan fingerprint density at radius 2 is 1.10 bits per heavy atom. The predicted molar refractivity (Wildman–Crippen MR) is 126 cm³/mol. The fourth-order valence-electron chi connectivity index (χ4n) is 3.45. The molecule has 0 saturated heterocycles. The van der Waals surface area contributed by atoms with Crippen LogP contribution in [-0.4, -0.2) is 14.2 Å². The SMILES string of the molecule is CCC(=C(c1ccc(OC)cc1)c1ccc(OC)cc1)[c-]1cccc1.[Fe].[cH-]1[cH-][cH-][cH-][cH-]1. The van der Waals surface area contributed by atoms with Crippen molar-refractivity contribution < 1.29 is 26.5 Å². The molecule has 0 radical (unpaired) electrons. The Balaban J connectivity index is 0.000000501. The fourth-order valence-corrected chi connectivity index (χ4v) is 3.45. The van der Waals surface area contributed by atoms with Gasteiger partial charge >= 0.3 is 0 Å². The van der Waals surface area contributed by atoms with Gasteiger partial charge in [0.15, 0.2) is 0 Å². The normalized spacial score (nSPS) is 9.65. The average Bonchev–Trinajstić information content (AvgIpc) is 3.55. The maximum atomic E-state index is 5.31. The zero-order valence-electron chi connectivity index (χ0n) is 18.2. The van der Waals surface area contributed by atoms with Crippen molar-refractivity contribution >= 4 is 11.1 Å². The van der Waals surface area contributed by atoms with Gasteiger partial charge in [-0.15, -0.1) is 23.3 Å². The molecule has 4 rings (SSSR count). The topological polar surface area (TPSA) is 18.5 Å². The smallest absolute Gasteiger partial charge is 0.118 e. The van der Waals surface area contributed by atoms with Crippen molar-refractivity contribution in [1.82, 2.24) is 0 Å². The molecule has 0 aromatic heterocycles. The first-order chi connectivity index (χ1) is 14.8. The van der Waals surface area contributed by atoms with E-state index in [0.717, 1.165) is 17.9 Å². The molecule has 0 aliphatic rings. The molecule has 31 heavy (non-hydrogen) atoms. The first kappa shape index (κ1) is 24.3. The van der Waals surface area contributed by atoms with Crippen molar-refractivity contribution in [2.24, 2.45) is 0 Å². The van der Waals surface area contributed by atoms with E-state index in [2.05, 4.69) is 55.5 Å². The molecule has 0 atom stereocenters. The maximum Gasteiger partial charge on any atom is 0.118 e. The Morgan fingerprint density at radius 1 is 0.710 bits per heavy atom. The van der Waals surface area contributed by atoms with Gasteiger partial charge in [-0.2, -0.15) is 12.1 Å².